The Labute approximate surface area is 138 Å². The molecule has 0 saturated heterocycles. The average Bonchev–Trinajstić information content (AvgIpc) is 2.80. The summed E-state index contributed by atoms with van der Waals surface area (Å²) in [6.07, 6.45) is 2.77. The Hall–Kier alpha value is -2.70. The van der Waals surface area contributed by atoms with Crippen LogP contribution in [0, 0.1) is 0 Å². The smallest absolute Gasteiger partial charge is 0.338 e. The van der Waals surface area contributed by atoms with Crippen molar-refractivity contribution in [2.45, 2.75) is 45.3 Å². The number of fused-ring (bicyclic) bond motifs is 2. The van der Waals surface area contributed by atoms with E-state index in [9.17, 15) is 14.4 Å². The van der Waals surface area contributed by atoms with Crippen LogP contribution < -0.4 is 11.3 Å². The Bertz CT molecular complexity index is 872. The summed E-state index contributed by atoms with van der Waals surface area (Å²) in [6, 6.07) is 4.61. The predicted molar refractivity (Wildman–Crippen MR) is 87.6 cm³/mol. The molecule has 126 valence electrons. The van der Waals surface area contributed by atoms with Gasteiger partial charge in [0.25, 0.3) is 11.5 Å². The molecule has 2 heterocycles. The van der Waals surface area contributed by atoms with Gasteiger partial charge in [0.2, 0.25) is 0 Å². The van der Waals surface area contributed by atoms with Gasteiger partial charge in [0.1, 0.15) is 5.82 Å². The number of primary amides is 1. The number of aryl methyl sites for hydroxylation is 1. The molecule has 1 aromatic carbocycles. The molecule has 2 aromatic rings. The van der Waals surface area contributed by atoms with Crippen LogP contribution in [-0.2, 0) is 22.5 Å². The zero-order valence-electron chi connectivity index (χ0n) is 13.4. The molecule has 0 saturated carbocycles. The highest BCUT2D eigenvalue weighted by Gasteiger charge is 2.18. The molecule has 1 atom stereocenters. The Morgan fingerprint density at radius 3 is 2.83 bits per heavy atom. The monoisotopic (exact) mass is 329 g/mol. The molecule has 1 aliphatic heterocycles. The third-order valence-corrected chi connectivity index (χ3v) is 4.24. The van der Waals surface area contributed by atoms with Crippen molar-refractivity contribution < 1.29 is 14.3 Å². The van der Waals surface area contributed by atoms with E-state index in [0.717, 1.165) is 31.5 Å². The number of amides is 1. The topological polar surface area (TPSA) is 104 Å². The maximum absolute atomic E-state index is 12.6. The highest BCUT2D eigenvalue weighted by Crippen LogP contribution is 2.17. The highest BCUT2D eigenvalue weighted by molar-refractivity contribution is 5.95. The summed E-state index contributed by atoms with van der Waals surface area (Å²) >= 11 is 0. The van der Waals surface area contributed by atoms with Gasteiger partial charge in [0.05, 0.1) is 16.5 Å². The van der Waals surface area contributed by atoms with E-state index in [1.807, 2.05) is 0 Å². The van der Waals surface area contributed by atoms with Gasteiger partial charge in [-0.3, -0.25) is 14.2 Å². The lowest BCUT2D eigenvalue weighted by atomic mass is 10.1. The van der Waals surface area contributed by atoms with Crippen LogP contribution >= 0.6 is 0 Å². The van der Waals surface area contributed by atoms with Gasteiger partial charge in [0, 0.05) is 13.0 Å². The fourth-order valence-electron chi connectivity index (χ4n) is 2.83. The fourth-order valence-corrected chi connectivity index (χ4v) is 2.83. The summed E-state index contributed by atoms with van der Waals surface area (Å²) in [5.41, 5.74) is 5.71. The number of hydrogen-bond acceptors (Lipinski definition) is 5. The molecule has 7 nitrogen and oxygen atoms in total. The highest BCUT2D eigenvalue weighted by atomic mass is 16.5. The van der Waals surface area contributed by atoms with Crippen molar-refractivity contribution in [3.8, 4) is 0 Å². The number of benzene rings is 1. The third kappa shape index (κ3) is 3.02. The second kappa shape index (κ2) is 6.43. The van der Waals surface area contributed by atoms with Gasteiger partial charge in [0.15, 0.2) is 6.10 Å². The first-order valence-electron chi connectivity index (χ1n) is 8.01. The van der Waals surface area contributed by atoms with Crippen LogP contribution in [0.15, 0.2) is 23.0 Å². The van der Waals surface area contributed by atoms with Crippen LogP contribution in [0.25, 0.3) is 10.9 Å². The Balaban J connectivity index is 2.01. The second-order valence-corrected chi connectivity index (χ2v) is 5.98. The SMILES string of the molecule is C[C@H](OC(=O)c1ccc2c(=O)n3c(nc2c1)CCCCC3)C(N)=O. The molecule has 1 aromatic heterocycles. The van der Waals surface area contributed by atoms with Gasteiger partial charge >= 0.3 is 5.97 Å². The summed E-state index contributed by atoms with van der Waals surface area (Å²) in [6.45, 7) is 2.09. The maximum atomic E-state index is 12.6. The molecule has 0 unspecified atom stereocenters. The minimum atomic E-state index is -1.01. The number of aromatic nitrogens is 2. The molecule has 1 aliphatic rings. The molecule has 24 heavy (non-hydrogen) atoms. The van der Waals surface area contributed by atoms with Crippen molar-refractivity contribution in [3.05, 3.63) is 39.9 Å². The average molecular weight is 329 g/mol. The first kappa shape index (κ1) is 16.2. The molecular formula is C17H19N3O4. The molecule has 0 fully saturated rings. The lowest BCUT2D eigenvalue weighted by Crippen LogP contribution is -2.30. The van der Waals surface area contributed by atoms with Crippen molar-refractivity contribution in [1.29, 1.82) is 0 Å². The van der Waals surface area contributed by atoms with E-state index in [4.69, 9.17) is 10.5 Å². The van der Waals surface area contributed by atoms with Gasteiger partial charge in [-0.25, -0.2) is 9.78 Å². The van der Waals surface area contributed by atoms with Crippen molar-refractivity contribution in [2.24, 2.45) is 5.73 Å². The fraction of sp³-hybridized carbons (Fsp3) is 0.412. The first-order valence-corrected chi connectivity index (χ1v) is 8.01. The Kier molecular flexibility index (Phi) is 4.33. The lowest BCUT2D eigenvalue weighted by Gasteiger charge is -2.12. The summed E-state index contributed by atoms with van der Waals surface area (Å²) in [4.78, 5) is 40.3. The minimum absolute atomic E-state index is 0.0812. The molecule has 0 aliphatic carbocycles. The van der Waals surface area contributed by atoms with Crippen molar-refractivity contribution in [2.75, 3.05) is 0 Å². The molecule has 1 amide bonds. The van der Waals surface area contributed by atoms with E-state index in [2.05, 4.69) is 4.98 Å². The Morgan fingerprint density at radius 2 is 2.08 bits per heavy atom. The lowest BCUT2D eigenvalue weighted by molar-refractivity contribution is -0.125. The number of nitrogens with zero attached hydrogens (tertiary/aromatic N) is 2. The molecule has 0 spiro atoms. The second-order valence-electron chi connectivity index (χ2n) is 5.98. The largest absolute Gasteiger partial charge is 0.449 e. The number of rotatable bonds is 3. The summed E-state index contributed by atoms with van der Waals surface area (Å²) in [5, 5.41) is 0.472. The molecule has 0 radical (unpaired) electrons. The zero-order chi connectivity index (χ0) is 17.3. The summed E-state index contributed by atoms with van der Waals surface area (Å²) < 4.78 is 6.71. The van der Waals surface area contributed by atoms with Gasteiger partial charge in [-0.15, -0.1) is 0 Å². The number of carbonyl (C=O) groups is 2. The third-order valence-electron chi connectivity index (χ3n) is 4.24. The number of carbonyl (C=O) groups excluding carboxylic acids is 2. The summed E-state index contributed by atoms with van der Waals surface area (Å²) in [5.74, 6) is -0.633. The van der Waals surface area contributed by atoms with Crippen LogP contribution in [0.5, 0.6) is 0 Å². The van der Waals surface area contributed by atoms with Crippen LogP contribution in [0.2, 0.25) is 0 Å². The maximum Gasteiger partial charge on any atom is 0.338 e. The van der Waals surface area contributed by atoms with E-state index in [-0.39, 0.29) is 11.1 Å². The van der Waals surface area contributed by atoms with Gasteiger partial charge < -0.3 is 10.5 Å². The normalized spacial score (nSPS) is 15.4. The van der Waals surface area contributed by atoms with Gasteiger partial charge in [-0.2, -0.15) is 0 Å². The van der Waals surface area contributed by atoms with Crippen molar-refractivity contribution in [1.82, 2.24) is 9.55 Å². The van der Waals surface area contributed by atoms with E-state index in [1.54, 1.807) is 10.6 Å². The molecular weight excluding hydrogens is 310 g/mol. The van der Waals surface area contributed by atoms with Crippen LogP contribution in [0.3, 0.4) is 0 Å². The van der Waals surface area contributed by atoms with E-state index in [0.29, 0.717) is 17.4 Å². The van der Waals surface area contributed by atoms with Gasteiger partial charge in [-0.1, -0.05) is 6.42 Å². The van der Waals surface area contributed by atoms with E-state index in [1.165, 1.54) is 19.1 Å². The molecule has 3 rings (SSSR count). The molecule has 7 heteroatoms. The van der Waals surface area contributed by atoms with Crippen LogP contribution in [0.1, 0.15) is 42.4 Å². The molecule has 0 bridgehead atoms. The van der Waals surface area contributed by atoms with Crippen LogP contribution in [-0.4, -0.2) is 27.5 Å². The number of esters is 1. The standard InChI is InChI=1S/C17H19N3O4/c1-10(15(18)21)24-17(23)11-6-7-12-13(9-11)19-14-5-3-2-4-8-20(14)16(12)22/h6-7,9-10H,2-5,8H2,1H3,(H2,18,21)/t10-/m0/s1. The quantitative estimate of drug-likeness (QED) is 0.851. The number of ether oxygens (including phenoxy) is 1. The van der Waals surface area contributed by atoms with E-state index >= 15 is 0 Å². The first-order chi connectivity index (χ1) is 11.5. The van der Waals surface area contributed by atoms with Crippen molar-refractivity contribution >= 4 is 22.8 Å². The van der Waals surface area contributed by atoms with Gasteiger partial charge in [-0.05, 0) is 38.0 Å². The minimum Gasteiger partial charge on any atom is -0.449 e. The summed E-state index contributed by atoms with van der Waals surface area (Å²) in [7, 11) is 0. The number of nitrogens with two attached hydrogens (primary N) is 1. The molecule has 2 N–H and O–H groups in total. The predicted octanol–water partition coefficient (Wildman–Crippen LogP) is 1.15. The van der Waals surface area contributed by atoms with E-state index < -0.39 is 18.0 Å². The number of hydrogen-bond donors (Lipinski definition) is 1. The Morgan fingerprint density at radius 1 is 1.29 bits per heavy atom. The zero-order valence-corrected chi connectivity index (χ0v) is 13.4. The van der Waals surface area contributed by atoms with Crippen LogP contribution in [0.4, 0.5) is 0 Å². The van der Waals surface area contributed by atoms with Crippen molar-refractivity contribution in [3.63, 3.8) is 0 Å².